The molecule has 120 valence electrons. The molecule has 0 saturated heterocycles. The fraction of sp³-hybridized carbons (Fsp3) is 0.286. The largest absolute Gasteiger partial charge is 0.431 e. The van der Waals surface area contributed by atoms with E-state index in [0.717, 1.165) is 7.05 Å². The lowest BCUT2D eigenvalue weighted by atomic mass is 10.2. The number of hydrogen-bond donors (Lipinski definition) is 0. The molecule has 1 heterocycles. The molecule has 8 heteroatoms. The maximum atomic E-state index is 12.7. The van der Waals surface area contributed by atoms with Crippen molar-refractivity contribution in [2.24, 2.45) is 7.05 Å². The molecule has 0 saturated carbocycles. The van der Waals surface area contributed by atoms with Crippen molar-refractivity contribution >= 4 is 11.6 Å². The summed E-state index contributed by atoms with van der Waals surface area (Å²) in [7, 11) is 0.962. The maximum absolute atomic E-state index is 12.7. The molecule has 0 aliphatic rings. The van der Waals surface area contributed by atoms with Gasteiger partial charge in [-0.3, -0.25) is 9.36 Å². The maximum Gasteiger partial charge on any atom is 0.431 e. The molecule has 2 aromatic rings. The summed E-state index contributed by atoms with van der Waals surface area (Å²) in [5.74, 6) is 0. The van der Waals surface area contributed by atoms with Crippen LogP contribution in [0, 0.1) is 6.92 Å². The van der Waals surface area contributed by atoms with Crippen molar-refractivity contribution in [3.63, 3.8) is 0 Å². The molecule has 0 radical (unpaired) electrons. The van der Waals surface area contributed by atoms with E-state index in [0.29, 0.717) is 25.8 Å². The smallest absolute Gasteiger partial charge is 0.292 e. The number of aromatic nitrogens is 2. The van der Waals surface area contributed by atoms with Crippen molar-refractivity contribution < 1.29 is 13.2 Å². The van der Waals surface area contributed by atoms with E-state index in [4.69, 9.17) is 11.6 Å². The molecule has 0 aliphatic heterocycles. The number of hydrogen-bond acceptors (Lipinski definition) is 2. The molecule has 0 bridgehead atoms. The highest BCUT2D eigenvalue weighted by atomic mass is 35.5. The number of benzene rings is 1. The van der Waals surface area contributed by atoms with Gasteiger partial charge in [0.15, 0.2) is 0 Å². The third-order valence-corrected chi connectivity index (χ3v) is 3.43. The molecular formula is C14H14ClF3N2O2. The van der Waals surface area contributed by atoms with Gasteiger partial charge in [-0.1, -0.05) is 19.0 Å². The number of aryl methyl sites for hydroxylation is 1. The SMILES string of the molecule is C.Cc1cc(-n2c(=O)cc(C(F)(F)F)n(C)c2=O)ccc1Cl. The molecule has 1 aromatic carbocycles. The molecule has 0 amide bonds. The van der Waals surface area contributed by atoms with E-state index in [-0.39, 0.29) is 13.1 Å². The Kier molecular flexibility index (Phi) is 4.92. The molecule has 0 aliphatic carbocycles. The third kappa shape index (κ3) is 3.09. The van der Waals surface area contributed by atoms with Crippen LogP contribution < -0.4 is 11.2 Å². The van der Waals surface area contributed by atoms with E-state index >= 15 is 0 Å². The van der Waals surface area contributed by atoms with Gasteiger partial charge in [0, 0.05) is 18.1 Å². The summed E-state index contributed by atoms with van der Waals surface area (Å²) in [6.45, 7) is 1.66. The van der Waals surface area contributed by atoms with Gasteiger partial charge in [-0.25, -0.2) is 9.36 Å². The fourth-order valence-corrected chi connectivity index (χ4v) is 2.02. The molecule has 1 aromatic heterocycles. The van der Waals surface area contributed by atoms with Gasteiger partial charge in [-0.15, -0.1) is 0 Å². The van der Waals surface area contributed by atoms with Crippen LogP contribution in [0.15, 0.2) is 33.9 Å². The molecule has 0 spiro atoms. The van der Waals surface area contributed by atoms with Crippen molar-refractivity contribution in [3.05, 3.63) is 61.4 Å². The van der Waals surface area contributed by atoms with Gasteiger partial charge in [0.2, 0.25) is 0 Å². The number of halogens is 4. The summed E-state index contributed by atoms with van der Waals surface area (Å²) in [5.41, 5.74) is -2.65. The molecule has 0 unspecified atom stereocenters. The zero-order valence-corrected chi connectivity index (χ0v) is 11.8. The van der Waals surface area contributed by atoms with Crippen LogP contribution in [0.25, 0.3) is 5.69 Å². The molecule has 4 nitrogen and oxygen atoms in total. The molecule has 0 atom stereocenters. The van der Waals surface area contributed by atoms with Gasteiger partial charge in [-0.05, 0) is 30.7 Å². The molecular weight excluding hydrogens is 321 g/mol. The highest BCUT2D eigenvalue weighted by Crippen LogP contribution is 2.27. The summed E-state index contributed by atoms with van der Waals surface area (Å²) in [6, 6.07) is 4.71. The summed E-state index contributed by atoms with van der Waals surface area (Å²) in [6.07, 6.45) is -4.78. The van der Waals surface area contributed by atoms with E-state index < -0.39 is 23.1 Å². The zero-order valence-electron chi connectivity index (χ0n) is 11.0. The normalized spacial score (nSPS) is 11.2. The zero-order chi connectivity index (χ0) is 15.9. The van der Waals surface area contributed by atoms with Gasteiger partial charge in [0.25, 0.3) is 5.56 Å². The second-order valence-electron chi connectivity index (χ2n) is 4.48. The van der Waals surface area contributed by atoms with E-state index in [2.05, 4.69) is 0 Å². The van der Waals surface area contributed by atoms with Crippen LogP contribution in [0.3, 0.4) is 0 Å². The number of alkyl halides is 3. The predicted molar refractivity (Wildman–Crippen MR) is 78.8 cm³/mol. The second kappa shape index (κ2) is 6.00. The minimum atomic E-state index is -4.78. The Labute approximate surface area is 129 Å². The second-order valence-corrected chi connectivity index (χ2v) is 4.88. The Bertz CT molecular complexity index is 822. The molecule has 0 fully saturated rings. The summed E-state index contributed by atoms with van der Waals surface area (Å²) in [4.78, 5) is 23.9. The first-order valence-corrected chi connectivity index (χ1v) is 6.17. The van der Waals surface area contributed by atoms with Crippen LogP contribution in [0.5, 0.6) is 0 Å². The summed E-state index contributed by atoms with van der Waals surface area (Å²) in [5, 5.41) is 0.426. The monoisotopic (exact) mass is 334 g/mol. The van der Waals surface area contributed by atoms with Crippen LogP contribution in [-0.4, -0.2) is 9.13 Å². The first kappa shape index (κ1) is 18.0. The van der Waals surface area contributed by atoms with Crippen LogP contribution >= 0.6 is 11.6 Å². The highest BCUT2D eigenvalue weighted by Gasteiger charge is 2.35. The predicted octanol–water partition coefficient (Wildman–Crippen LogP) is 3.15. The highest BCUT2D eigenvalue weighted by molar-refractivity contribution is 6.31. The van der Waals surface area contributed by atoms with Gasteiger partial charge in [0.1, 0.15) is 5.69 Å². The Hall–Kier alpha value is -2.02. The van der Waals surface area contributed by atoms with Gasteiger partial charge in [0.05, 0.1) is 5.69 Å². The Balaban J connectivity index is 0.00000242. The van der Waals surface area contributed by atoms with Crippen LogP contribution in [0.4, 0.5) is 13.2 Å². The lowest BCUT2D eigenvalue weighted by molar-refractivity contribution is -0.144. The first-order valence-electron chi connectivity index (χ1n) is 5.79. The molecule has 2 rings (SSSR count). The van der Waals surface area contributed by atoms with Crippen LogP contribution in [-0.2, 0) is 13.2 Å². The summed E-state index contributed by atoms with van der Waals surface area (Å²) < 4.78 is 39.3. The lowest BCUT2D eigenvalue weighted by Gasteiger charge is -2.14. The van der Waals surface area contributed by atoms with Crippen molar-refractivity contribution in [3.8, 4) is 5.69 Å². The number of nitrogens with zero attached hydrogens (tertiary/aromatic N) is 2. The standard InChI is InChI=1S/C13H10ClF3N2O2.CH4/c1-7-5-8(3-4-9(7)14)19-11(20)6-10(13(15,16)17)18(2)12(19)21;/h3-6H,1-2H3;1H4. The van der Waals surface area contributed by atoms with Gasteiger partial charge in [-0.2, -0.15) is 13.2 Å². The van der Waals surface area contributed by atoms with E-state index in [1.807, 2.05) is 0 Å². The van der Waals surface area contributed by atoms with Crippen molar-refractivity contribution in [1.29, 1.82) is 0 Å². The summed E-state index contributed by atoms with van der Waals surface area (Å²) >= 11 is 5.84. The van der Waals surface area contributed by atoms with Crippen molar-refractivity contribution in [1.82, 2.24) is 9.13 Å². The Morgan fingerprint density at radius 2 is 1.73 bits per heavy atom. The quantitative estimate of drug-likeness (QED) is 0.804. The topological polar surface area (TPSA) is 44.0 Å². The van der Waals surface area contributed by atoms with Crippen molar-refractivity contribution in [2.75, 3.05) is 0 Å². The third-order valence-electron chi connectivity index (χ3n) is 3.01. The Morgan fingerprint density at radius 3 is 2.23 bits per heavy atom. The van der Waals surface area contributed by atoms with Crippen LogP contribution in [0.1, 0.15) is 18.7 Å². The van der Waals surface area contributed by atoms with Crippen molar-refractivity contribution in [2.45, 2.75) is 20.5 Å². The van der Waals surface area contributed by atoms with E-state index in [1.165, 1.54) is 18.2 Å². The van der Waals surface area contributed by atoms with Crippen LogP contribution in [0.2, 0.25) is 5.02 Å². The Morgan fingerprint density at radius 1 is 1.14 bits per heavy atom. The minimum Gasteiger partial charge on any atom is -0.292 e. The average molecular weight is 335 g/mol. The van der Waals surface area contributed by atoms with Gasteiger partial charge >= 0.3 is 11.9 Å². The lowest BCUT2D eigenvalue weighted by Crippen LogP contribution is -2.40. The molecule has 22 heavy (non-hydrogen) atoms. The van der Waals surface area contributed by atoms with Gasteiger partial charge < -0.3 is 0 Å². The minimum absolute atomic E-state index is 0. The van der Waals surface area contributed by atoms with E-state index in [1.54, 1.807) is 6.92 Å². The molecule has 0 N–H and O–H groups in total. The first-order chi connectivity index (χ1) is 9.62. The average Bonchev–Trinajstić information content (AvgIpc) is 2.37. The fourth-order valence-electron chi connectivity index (χ4n) is 1.90. The number of rotatable bonds is 1. The van der Waals surface area contributed by atoms with E-state index in [9.17, 15) is 22.8 Å².